The first kappa shape index (κ1) is 23.2. The lowest BCUT2D eigenvalue weighted by molar-refractivity contribution is 0.483. The normalized spacial score (nSPS) is 11.5. The minimum absolute atomic E-state index is 0.721. The predicted octanol–water partition coefficient (Wildman–Crippen LogP) is 7.78. The Labute approximate surface area is 235 Å². The third kappa shape index (κ3) is 3.86. The Hall–Kier alpha value is -5.69. The number of pyridine rings is 1. The SMILES string of the molecule is Cc1cccc2c1nc1n(-c3ccccn3)c3cc(Oc4cccc(-n5cc(-c6ccccc6)cn5)c4)ccc3n21. The molecular formula is C34H24N6O. The van der Waals surface area contributed by atoms with E-state index >= 15 is 0 Å². The molecular weight excluding hydrogens is 508 g/mol. The molecule has 0 bridgehead atoms. The van der Waals surface area contributed by atoms with Gasteiger partial charge in [0.1, 0.15) is 17.3 Å². The van der Waals surface area contributed by atoms with E-state index < -0.39 is 0 Å². The second-order valence-corrected chi connectivity index (χ2v) is 10.0. The minimum Gasteiger partial charge on any atom is -0.457 e. The van der Waals surface area contributed by atoms with Gasteiger partial charge in [-0.15, -0.1) is 0 Å². The molecule has 196 valence electrons. The number of benzene rings is 4. The summed E-state index contributed by atoms with van der Waals surface area (Å²) in [7, 11) is 0. The quantitative estimate of drug-likeness (QED) is 0.227. The fourth-order valence-electron chi connectivity index (χ4n) is 5.44. The monoisotopic (exact) mass is 532 g/mol. The van der Waals surface area contributed by atoms with Crippen molar-refractivity contribution in [2.45, 2.75) is 6.92 Å². The molecule has 0 N–H and O–H groups in total. The molecule has 4 aromatic heterocycles. The largest absolute Gasteiger partial charge is 0.457 e. The Morgan fingerprint density at radius 3 is 2.41 bits per heavy atom. The van der Waals surface area contributed by atoms with Gasteiger partial charge < -0.3 is 4.74 Å². The number of hydrogen-bond donors (Lipinski definition) is 0. The van der Waals surface area contributed by atoms with Crippen LogP contribution in [0.1, 0.15) is 5.56 Å². The van der Waals surface area contributed by atoms with Crippen molar-refractivity contribution in [1.29, 1.82) is 0 Å². The van der Waals surface area contributed by atoms with Crippen LogP contribution in [0.3, 0.4) is 0 Å². The standard InChI is InChI=1S/C34H24N6O/c1-23-9-7-14-30-33(23)37-34-39(30)29-17-16-28(20-31(29)40(34)32-15-5-6-18-35-32)41-27-13-8-12-26(19-27)38-22-25(21-36-38)24-10-3-2-4-11-24/h2-22H,1H3. The lowest BCUT2D eigenvalue weighted by atomic mass is 10.1. The zero-order chi connectivity index (χ0) is 27.3. The molecule has 8 aromatic rings. The zero-order valence-electron chi connectivity index (χ0n) is 22.2. The third-order valence-electron chi connectivity index (χ3n) is 7.38. The third-order valence-corrected chi connectivity index (χ3v) is 7.38. The summed E-state index contributed by atoms with van der Waals surface area (Å²) in [5.41, 5.74) is 8.29. The number of rotatable bonds is 5. The lowest BCUT2D eigenvalue weighted by Gasteiger charge is -2.09. The highest BCUT2D eigenvalue weighted by Crippen LogP contribution is 2.33. The Kier molecular flexibility index (Phi) is 5.21. The molecule has 0 unspecified atom stereocenters. The average molecular weight is 533 g/mol. The van der Waals surface area contributed by atoms with Gasteiger partial charge in [0.05, 0.1) is 34.0 Å². The van der Waals surface area contributed by atoms with E-state index in [0.717, 1.165) is 67.5 Å². The van der Waals surface area contributed by atoms with Crippen molar-refractivity contribution >= 4 is 27.8 Å². The molecule has 0 radical (unpaired) electrons. The Balaban J connectivity index is 1.21. The molecule has 0 atom stereocenters. The molecule has 7 heteroatoms. The summed E-state index contributed by atoms with van der Waals surface area (Å²) in [5.74, 6) is 3.06. The molecule has 0 aliphatic rings. The van der Waals surface area contributed by atoms with E-state index in [-0.39, 0.29) is 0 Å². The van der Waals surface area contributed by atoms with Crippen molar-refractivity contribution < 1.29 is 4.74 Å². The first-order chi connectivity index (χ1) is 20.2. The molecule has 0 spiro atoms. The Morgan fingerprint density at radius 1 is 0.683 bits per heavy atom. The van der Waals surface area contributed by atoms with Crippen LogP contribution in [0.4, 0.5) is 0 Å². The first-order valence-electron chi connectivity index (χ1n) is 13.4. The van der Waals surface area contributed by atoms with Crippen LogP contribution in [-0.2, 0) is 0 Å². The molecule has 0 amide bonds. The summed E-state index contributed by atoms with van der Waals surface area (Å²) in [6, 6.07) is 36.5. The predicted molar refractivity (Wildman–Crippen MR) is 161 cm³/mol. The van der Waals surface area contributed by atoms with Gasteiger partial charge in [0, 0.05) is 30.1 Å². The number of aromatic nitrogens is 6. The second-order valence-electron chi connectivity index (χ2n) is 10.0. The van der Waals surface area contributed by atoms with Gasteiger partial charge in [-0.2, -0.15) is 5.10 Å². The zero-order valence-corrected chi connectivity index (χ0v) is 22.2. The molecule has 0 aliphatic carbocycles. The van der Waals surface area contributed by atoms with Gasteiger partial charge in [0.2, 0.25) is 5.78 Å². The van der Waals surface area contributed by atoms with E-state index in [9.17, 15) is 0 Å². The lowest BCUT2D eigenvalue weighted by Crippen LogP contribution is -1.98. The van der Waals surface area contributed by atoms with Gasteiger partial charge in [0.25, 0.3) is 0 Å². The molecule has 7 nitrogen and oxygen atoms in total. The molecule has 4 aromatic carbocycles. The molecule has 0 saturated heterocycles. The molecule has 8 rings (SSSR count). The maximum absolute atomic E-state index is 6.41. The topological polar surface area (TPSA) is 62.2 Å². The fourth-order valence-corrected chi connectivity index (χ4v) is 5.44. The first-order valence-corrected chi connectivity index (χ1v) is 13.4. The average Bonchev–Trinajstić information content (AvgIpc) is 3.73. The van der Waals surface area contributed by atoms with Crippen molar-refractivity contribution in [2.75, 3.05) is 0 Å². The van der Waals surface area contributed by atoms with Crippen LogP contribution in [0.15, 0.2) is 128 Å². The van der Waals surface area contributed by atoms with Crippen molar-refractivity contribution in [3.05, 3.63) is 133 Å². The summed E-state index contributed by atoms with van der Waals surface area (Å²) in [4.78, 5) is 9.70. The number of nitrogens with zero attached hydrogens (tertiary/aromatic N) is 6. The van der Waals surface area contributed by atoms with Crippen LogP contribution >= 0.6 is 0 Å². The maximum atomic E-state index is 6.41. The number of aryl methyl sites for hydroxylation is 1. The Bertz CT molecular complexity index is 2190. The van der Waals surface area contributed by atoms with E-state index in [0.29, 0.717) is 0 Å². The summed E-state index contributed by atoms with van der Waals surface area (Å²) in [6.45, 7) is 2.09. The van der Waals surface area contributed by atoms with Crippen LogP contribution in [0, 0.1) is 6.92 Å². The molecule has 41 heavy (non-hydrogen) atoms. The number of fused-ring (bicyclic) bond motifs is 5. The van der Waals surface area contributed by atoms with Crippen molar-refractivity contribution in [3.8, 4) is 34.1 Å². The fraction of sp³-hybridized carbons (Fsp3) is 0.0294. The highest BCUT2D eigenvalue weighted by molar-refractivity contribution is 5.93. The van der Waals surface area contributed by atoms with Crippen LogP contribution in [0.25, 0.3) is 50.5 Å². The summed E-state index contributed by atoms with van der Waals surface area (Å²) >= 11 is 0. The number of hydrogen-bond acceptors (Lipinski definition) is 4. The van der Waals surface area contributed by atoms with Crippen LogP contribution in [0.2, 0.25) is 0 Å². The van der Waals surface area contributed by atoms with Gasteiger partial charge in [0.15, 0.2) is 0 Å². The second kappa shape index (κ2) is 9.20. The van der Waals surface area contributed by atoms with Crippen molar-refractivity contribution in [2.24, 2.45) is 0 Å². The molecule has 4 heterocycles. The van der Waals surface area contributed by atoms with Crippen molar-refractivity contribution in [1.82, 2.24) is 28.7 Å². The van der Waals surface area contributed by atoms with Gasteiger partial charge in [-0.1, -0.05) is 54.6 Å². The minimum atomic E-state index is 0.721. The van der Waals surface area contributed by atoms with Crippen LogP contribution < -0.4 is 4.74 Å². The van der Waals surface area contributed by atoms with Crippen molar-refractivity contribution in [3.63, 3.8) is 0 Å². The summed E-state index contributed by atoms with van der Waals surface area (Å²) in [6.07, 6.45) is 5.71. The summed E-state index contributed by atoms with van der Waals surface area (Å²) in [5, 5.41) is 4.59. The van der Waals surface area contributed by atoms with Crippen LogP contribution in [0.5, 0.6) is 11.5 Å². The maximum Gasteiger partial charge on any atom is 0.221 e. The summed E-state index contributed by atoms with van der Waals surface area (Å²) < 4.78 is 12.6. The number of para-hydroxylation sites is 1. The highest BCUT2D eigenvalue weighted by Gasteiger charge is 2.19. The number of imidazole rings is 2. The van der Waals surface area contributed by atoms with Gasteiger partial charge in [-0.05, 0) is 60.5 Å². The van der Waals surface area contributed by atoms with Crippen LogP contribution in [-0.4, -0.2) is 28.7 Å². The van der Waals surface area contributed by atoms with E-state index in [1.54, 1.807) is 6.20 Å². The van der Waals surface area contributed by atoms with Gasteiger partial charge in [-0.25, -0.2) is 14.6 Å². The van der Waals surface area contributed by atoms with E-state index in [1.165, 1.54) is 0 Å². The van der Waals surface area contributed by atoms with E-state index in [1.807, 2.05) is 83.8 Å². The van der Waals surface area contributed by atoms with E-state index in [2.05, 4.69) is 68.4 Å². The van der Waals surface area contributed by atoms with E-state index in [4.69, 9.17) is 9.72 Å². The smallest absolute Gasteiger partial charge is 0.221 e. The van der Waals surface area contributed by atoms with Gasteiger partial charge in [-0.3, -0.25) is 8.97 Å². The molecule has 0 saturated carbocycles. The highest BCUT2D eigenvalue weighted by atomic mass is 16.5. The Morgan fingerprint density at radius 2 is 1.54 bits per heavy atom. The molecule has 0 aliphatic heterocycles. The number of ether oxygens (including phenoxy) is 1. The molecule has 0 fully saturated rings. The van der Waals surface area contributed by atoms with Gasteiger partial charge >= 0.3 is 0 Å².